The first-order valence-electron chi connectivity index (χ1n) is 5.12. The highest BCUT2D eigenvalue weighted by Crippen LogP contribution is 2.31. The lowest BCUT2D eigenvalue weighted by Crippen LogP contribution is -2.27. The summed E-state index contributed by atoms with van der Waals surface area (Å²) in [4.78, 5) is 11.3. The highest BCUT2D eigenvalue weighted by Gasteiger charge is 2.22. The number of hydrogen-bond donors (Lipinski definition) is 0. The molecular formula is C13H14O3. The summed E-state index contributed by atoms with van der Waals surface area (Å²) in [6.07, 6.45) is 3.93. The minimum atomic E-state index is -0.332. The van der Waals surface area contributed by atoms with Gasteiger partial charge in [-0.25, -0.2) is 4.79 Å². The van der Waals surface area contributed by atoms with Gasteiger partial charge in [0.2, 0.25) is 0 Å². The van der Waals surface area contributed by atoms with E-state index < -0.39 is 0 Å². The normalized spacial score (nSPS) is 16.2. The smallest absolute Gasteiger partial charge is 0.337 e. The van der Waals surface area contributed by atoms with Crippen molar-refractivity contribution in [3.05, 3.63) is 35.4 Å². The average Bonchev–Trinajstić information content (AvgIpc) is 2.26. The minimum Gasteiger partial charge on any atom is -0.483 e. The molecule has 2 rings (SSSR count). The number of benzene rings is 1. The fourth-order valence-corrected chi connectivity index (χ4v) is 1.62. The second-order valence-electron chi connectivity index (χ2n) is 4.28. The predicted molar refractivity (Wildman–Crippen MR) is 61.5 cm³/mol. The molecule has 1 aliphatic heterocycles. The van der Waals surface area contributed by atoms with E-state index in [2.05, 4.69) is 4.74 Å². The molecule has 0 bridgehead atoms. The first kappa shape index (κ1) is 10.7. The van der Waals surface area contributed by atoms with E-state index in [4.69, 9.17) is 4.74 Å². The minimum absolute atomic E-state index is 0.292. The van der Waals surface area contributed by atoms with Crippen molar-refractivity contribution in [3.63, 3.8) is 0 Å². The van der Waals surface area contributed by atoms with Crippen LogP contribution in [0.25, 0.3) is 6.08 Å². The highest BCUT2D eigenvalue weighted by atomic mass is 16.5. The van der Waals surface area contributed by atoms with Crippen molar-refractivity contribution >= 4 is 12.0 Å². The van der Waals surface area contributed by atoms with E-state index in [1.54, 1.807) is 18.2 Å². The van der Waals surface area contributed by atoms with Crippen molar-refractivity contribution in [2.24, 2.45) is 0 Å². The highest BCUT2D eigenvalue weighted by molar-refractivity contribution is 5.90. The Morgan fingerprint density at radius 1 is 1.38 bits per heavy atom. The van der Waals surface area contributed by atoms with Crippen LogP contribution in [0.1, 0.15) is 29.8 Å². The summed E-state index contributed by atoms with van der Waals surface area (Å²) in [6.45, 7) is 3.97. The third-order valence-corrected chi connectivity index (χ3v) is 2.47. The molecule has 3 nitrogen and oxygen atoms in total. The number of esters is 1. The summed E-state index contributed by atoms with van der Waals surface area (Å²) in [7, 11) is 1.37. The Hall–Kier alpha value is -1.77. The van der Waals surface area contributed by atoms with Crippen LogP contribution in [-0.2, 0) is 4.74 Å². The van der Waals surface area contributed by atoms with Gasteiger partial charge in [0.05, 0.1) is 12.7 Å². The van der Waals surface area contributed by atoms with Gasteiger partial charge in [-0.2, -0.15) is 0 Å². The zero-order chi connectivity index (χ0) is 11.8. The Kier molecular flexibility index (Phi) is 2.46. The van der Waals surface area contributed by atoms with E-state index in [1.807, 2.05) is 26.0 Å². The predicted octanol–water partition coefficient (Wildman–Crippen LogP) is 2.66. The quantitative estimate of drug-likeness (QED) is 0.680. The van der Waals surface area contributed by atoms with Crippen molar-refractivity contribution < 1.29 is 14.3 Å². The monoisotopic (exact) mass is 218 g/mol. The van der Waals surface area contributed by atoms with Gasteiger partial charge in [-0.15, -0.1) is 0 Å². The first-order valence-corrected chi connectivity index (χ1v) is 5.12. The van der Waals surface area contributed by atoms with Crippen LogP contribution in [0.4, 0.5) is 0 Å². The molecule has 0 atom stereocenters. The van der Waals surface area contributed by atoms with Crippen molar-refractivity contribution in [2.75, 3.05) is 7.11 Å². The van der Waals surface area contributed by atoms with Gasteiger partial charge in [0.25, 0.3) is 0 Å². The number of rotatable bonds is 1. The lowest BCUT2D eigenvalue weighted by Gasteiger charge is -2.27. The number of fused-ring (bicyclic) bond motifs is 1. The summed E-state index contributed by atoms with van der Waals surface area (Å²) in [5.74, 6) is 0.459. The van der Waals surface area contributed by atoms with Crippen LogP contribution in [0.5, 0.6) is 5.75 Å². The molecule has 0 aliphatic carbocycles. The molecule has 1 aromatic carbocycles. The molecule has 84 valence electrons. The van der Waals surface area contributed by atoms with Crippen LogP contribution in [0, 0.1) is 0 Å². The summed E-state index contributed by atoms with van der Waals surface area (Å²) >= 11 is 0. The van der Waals surface area contributed by atoms with Crippen LogP contribution >= 0.6 is 0 Å². The Morgan fingerprint density at radius 3 is 2.81 bits per heavy atom. The average molecular weight is 218 g/mol. The molecule has 0 fully saturated rings. The molecule has 0 aromatic heterocycles. The SMILES string of the molecule is COC(=O)c1ccc2c(c1)C=CC(C)(C)O2. The fourth-order valence-electron chi connectivity index (χ4n) is 1.62. The van der Waals surface area contributed by atoms with E-state index in [0.29, 0.717) is 5.56 Å². The van der Waals surface area contributed by atoms with Crippen molar-refractivity contribution in [3.8, 4) is 5.75 Å². The largest absolute Gasteiger partial charge is 0.483 e. The second kappa shape index (κ2) is 3.67. The first-order chi connectivity index (χ1) is 7.52. The molecule has 0 spiro atoms. The van der Waals surface area contributed by atoms with Gasteiger partial charge in [0.15, 0.2) is 0 Å². The van der Waals surface area contributed by atoms with E-state index in [0.717, 1.165) is 11.3 Å². The maximum absolute atomic E-state index is 11.3. The molecule has 0 saturated heterocycles. The zero-order valence-electron chi connectivity index (χ0n) is 9.61. The van der Waals surface area contributed by atoms with Crippen LogP contribution in [0.15, 0.2) is 24.3 Å². The fraction of sp³-hybridized carbons (Fsp3) is 0.308. The van der Waals surface area contributed by atoms with Crippen LogP contribution < -0.4 is 4.74 Å². The number of ether oxygens (including phenoxy) is 2. The maximum Gasteiger partial charge on any atom is 0.337 e. The molecule has 0 N–H and O–H groups in total. The van der Waals surface area contributed by atoms with E-state index in [1.165, 1.54) is 7.11 Å². The molecule has 1 heterocycles. The summed E-state index contributed by atoms with van der Waals surface area (Å²) in [5.41, 5.74) is 1.15. The van der Waals surface area contributed by atoms with Crippen LogP contribution in [-0.4, -0.2) is 18.7 Å². The van der Waals surface area contributed by atoms with Gasteiger partial charge >= 0.3 is 5.97 Å². The Morgan fingerprint density at radius 2 is 2.12 bits per heavy atom. The Labute approximate surface area is 94.7 Å². The van der Waals surface area contributed by atoms with Crippen molar-refractivity contribution in [1.82, 2.24) is 0 Å². The second-order valence-corrected chi connectivity index (χ2v) is 4.28. The number of carbonyl (C=O) groups is 1. The third-order valence-electron chi connectivity index (χ3n) is 2.47. The summed E-state index contributed by atoms with van der Waals surface area (Å²) in [6, 6.07) is 5.28. The number of hydrogen-bond acceptors (Lipinski definition) is 3. The lowest BCUT2D eigenvalue weighted by atomic mass is 10.0. The van der Waals surface area contributed by atoms with E-state index in [-0.39, 0.29) is 11.6 Å². The van der Waals surface area contributed by atoms with Crippen LogP contribution in [0.2, 0.25) is 0 Å². The summed E-state index contributed by atoms with van der Waals surface area (Å²) in [5, 5.41) is 0. The molecule has 3 heteroatoms. The molecule has 1 aromatic rings. The zero-order valence-corrected chi connectivity index (χ0v) is 9.61. The standard InChI is InChI=1S/C13H14O3/c1-13(2)7-6-9-8-10(12(14)15-3)4-5-11(9)16-13/h4-8H,1-3H3. The molecule has 1 aliphatic rings. The van der Waals surface area contributed by atoms with Crippen LogP contribution in [0.3, 0.4) is 0 Å². The lowest BCUT2D eigenvalue weighted by molar-refractivity contribution is 0.0600. The molecule has 0 radical (unpaired) electrons. The van der Waals surface area contributed by atoms with Gasteiger partial charge in [-0.1, -0.05) is 6.08 Å². The van der Waals surface area contributed by atoms with Gasteiger partial charge in [0.1, 0.15) is 11.4 Å². The molecular weight excluding hydrogens is 204 g/mol. The van der Waals surface area contributed by atoms with Gasteiger partial charge in [-0.3, -0.25) is 0 Å². The van der Waals surface area contributed by atoms with Crippen molar-refractivity contribution in [2.45, 2.75) is 19.4 Å². The van der Waals surface area contributed by atoms with Gasteiger partial charge in [-0.05, 0) is 38.1 Å². The Bertz CT molecular complexity index is 458. The Balaban J connectivity index is 2.39. The van der Waals surface area contributed by atoms with E-state index >= 15 is 0 Å². The maximum atomic E-state index is 11.3. The van der Waals surface area contributed by atoms with Gasteiger partial charge < -0.3 is 9.47 Å². The number of methoxy groups -OCH3 is 1. The van der Waals surface area contributed by atoms with E-state index in [9.17, 15) is 4.79 Å². The number of carbonyl (C=O) groups excluding carboxylic acids is 1. The third kappa shape index (κ3) is 1.94. The molecule has 16 heavy (non-hydrogen) atoms. The summed E-state index contributed by atoms with van der Waals surface area (Å²) < 4.78 is 10.4. The van der Waals surface area contributed by atoms with Gasteiger partial charge in [0, 0.05) is 5.56 Å². The molecule has 0 saturated carbocycles. The molecule has 0 unspecified atom stereocenters. The molecule has 0 amide bonds. The van der Waals surface area contributed by atoms with Crippen molar-refractivity contribution in [1.29, 1.82) is 0 Å². The topological polar surface area (TPSA) is 35.5 Å².